The van der Waals surface area contributed by atoms with Gasteiger partial charge in [-0.3, -0.25) is 19.7 Å². The maximum absolute atomic E-state index is 13.0. The Morgan fingerprint density at radius 1 is 1.09 bits per heavy atom. The van der Waals surface area contributed by atoms with Crippen LogP contribution in [0.3, 0.4) is 0 Å². The molecule has 10 heteroatoms. The summed E-state index contributed by atoms with van der Waals surface area (Å²) >= 11 is 5.93. The van der Waals surface area contributed by atoms with Crippen LogP contribution in [0.1, 0.15) is 23.6 Å². The molecule has 33 heavy (non-hydrogen) atoms. The van der Waals surface area contributed by atoms with Gasteiger partial charge in [0.05, 0.1) is 22.9 Å². The number of aryl methyl sites for hydroxylation is 1. The minimum atomic E-state index is -0.885. The number of rotatable bonds is 7. The van der Waals surface area contributed by atoms with Crippen LogP contribution < -0.4 is 0 Å². The van der Waals surface area contributed by atoms with Crippen molar-refractivity contribution in [3.05, 3.63) is 99.1 Å². The highest BCUT2D eigenvalue weighted by molar-refractivity contribution is 6.46. The third-order valence-electron chi connectivity index (χ3n) is 5.45. The summed E-state index contributed by atoms with van der Waals surface area (Å²) in [6.45, 7) is 0.814. The number of hydrogen-bond acceptors (Lipinski definition) is 6. The van der Waals surface area contributed by atoms with E-state index in [1.807, 2.05) is 4.57 Å². The number of carbonyl (C=O) groups is 2. The Bertz CT molecular complexity index is 1220. The number of carbonyl (C=O) groups excluding carboxylic acids is 2. The summed E-state index contributed by atoms with van der Waals surface area (Å²) < 4.78 is 1.85. The smallest absolute Gasteiger partial charge is 0.295 e. The zero-order valence-electron chi connectivity index (χ0n) is 17.3. The van der Waals surface area contributed by atoms with Crippen LogP contribution in [-0.2, 0) is 16.1 Å². The number of amides is 1. The molecule has 2 heterocycles. The van der Waals surface area contributed by atoms with Crippen molar-refractivity contribution in [2.75, 3.05) is 6.54 Å². The standard InChI is InChI=1S/C23H19ClN4O5/c24-17-6-2-16(3-7-17)21(29)19-20(15-4-8-18(9-5-15)28(32)33)27(23(31)22(19)30)12-1-11-26-13-10-25-14-26/h2-10,13-14,20,29H,1,11-12H2/t20-/m0/s1. The molecule has 1 N–H and O–H groups in total. The number of nitrogens with zero attached hydrogens (tertiary/aromatic N) is 4. The Labute approximate surface area is 193 Å². The summed E-state index contributed by atoms with van der Waals surface area (Å²) in [7, 11) is 0. The number of nitro groups is 1. The molecule has 0 aliphatic carbocycles. The van der Waals surface area contributed by atoms with Crippen LogP contribution in [0, 0.1) is 10.1 Å². The molecule has 0 bridgehead atoms. The second-order valence-corrected chi connectivity index (χ2v) is 7.94. The van der Waals surface area contributed by atoms with E-state index in [1.54, 1.807) is 43.0 Å². The Balaban J connectivity index is 1.74. The van der Waals surface area contributed by atoms with Gasteiger partial charge in [-0.25, -0.2) is 4.98 Å². The maximum Gasteiger partial charge on any atom is 0.295 e. The first-order chi connectivity index (χ1) is 15.9. The summed E-state index contributed by atoms with van der Waals surface area (Å²) in [5, 5.41) is 22.5. The number of imidazole rings is 1. The van der Waals surface area contributed by atoms with E-state index in [0.29, 0.717) is 29.1 Å². The molecule has 9 nitrogen and oxygen atoms in total. The number of ketones is 1. The topological polar surface area (TPSA) is 119 Å². The van der Waals surface area contributed by atoms with E-state index in [0.717, 1.165) is 0 Å². The van der Waals surface area contributed by atoms with Crippen LogP contribution >= 0.6 is 11.6 Å². The lowest BCUT2D eigenvalue weighted by Crippen LogP contribution is -2.31. The number of hydrogen-bond donors (Lipinski definition) is 1. The van der Waals surface area contributed by atoms with Crippen LogP contribution in [0.2, 0.25) is 5.02 Å². The molecule has 1 aliphatic rings. The van der Waals surface area contributed by atoms with Gasteiger partial charge >= 0.3 is 0 Å². The van der Waals surface area contributed by atoms with Crippen molar-refractivity contribution < 1.29 is 19.6 Å². The highest BCUT2D eigenvalue weighted by atomic mass is 35.5. The molecule has 1 aromatic heterocycles. The van der Waals surface area contributed by atoms with E-state index in [9.17, 15) is 24.8 Å². The molecule has 168 valence electrons. The molecular weight excluding hydrogens is 448 g/mol. The monoisotopic (exact) mass is 466 g/mol. The van der Waals surface area contributed by atoms with Gasteiger partial charge in [-0.15, -0.1) is 0 Å². The second-order valence-electron chi connectivity index (χ2n) is 7.50. The number of likely N-dealkylation sites (tertiary alicyclic amines) is 1. The van der Waals surface area contributed by atoms with E-state index in [-0.39, 0.29) is 23.6 Å². The van der Waals surface area contributed by atoms with Crippen LogP contribution in [-0.4, -0.2) is 42.7 Å². The Hall–Kier alpha value is -3.98. The lowest BCUT2D eigenvalue weighted by molar-refractivity contribution is -0.384. The van der Waals surface area contributed by atoms with E-state index in [4.69, 9.17) is 11.6 Å². The molecule has 0 radical (unpaired) electrons. The molecule has 4 rings (SSSR count). The molecule has 1 fully saturated rings. The number of Topliss-reactive ketones (excluding diaryl/α,β-unsaturated/α-hetero) is 1. The summed E-state index contributed by atoms with van der Waals surface area (Å²) in [6.07, 6.45) is 5.63. The van der Waals surface area contributed by atoms with Crippen molar-refractivity contribution in [1.29, 1.82) is 0 Å². The molecule has 0 unspecified atom stereocenters. The quantitative estimate of drug-likeness (QED) is 0.185. The van der Waals surface area contributed by atoms with E-state index in [1.165, 1.54) is 29.2 Å². The Kier molecular flexibility index (Phi) is 6.23. The highest BCUT2D eigenvalue weighted by Crippen LogP contribution is 2.40. The Morgan fingerprint density at radius 2 is 1.79 bits per heavy atom. The second kappa shape index (κ2) is 9.25. The molecule has 0 saturated carbocycles. The zero-order valence-corrected chi connectivity index (χ0v) is 18.1. The summed E-state index contributed by atoms with van der Waals surface area (Å²) in [4.78, 5) is 41.8. The predicted octanol–water partition coefficient (Wildman–Crippen LogP) is 3.96. The normalized spacial score (nSPS) is 17.5. The van der Waals surface area contributed by atoms with Crippen molar-refractivity contribution in [3.63, 3.8) is 0 Å². The molecule has 1 amide bonds. The van der Waals surface area contributed by atoms with Crippen molar-refractivity contribution in [2.45, 2.75) is 19.0 Å². The van der Waals surface area contributed by atoms with Crippen LogP contribution in [0.25, 0.3) is 5.76 Å². The number of aliphatic hydroxyl groups is 1. The molecule has 1 atom stereocenters. The fourth-order valence-corrected chi connectivity index (χ4v) is 3.97. The first-order valence-electron chi connectivity index (χ1n) is 10.1. The van der Waals surface area contributed by atoms with E-state index in [2.05, 4.69) is 4.98 Å². The van der Waals surface area contributed by atoms with Gasteiger partial charge in [0.15, 0.2) is 0 Å². The first kappa shape index (κ1) is 22.2. The Morgan fingerprint density at radius 3 is 2.39 bits per heavy atom. The first-order valence-corrected chi connectivity index (χ1v) is 10.5. The molecule has 1 saturated heterocycles. The largest absolute Gasteiger partial charge is 0.507 e. The van der Waals surface area contributed by atoms with Gasteiger partial charge in [0.2, 0.25) is 0 Å². The fraction of sp³-hybridized carbons (Fsp3) is 0.174. The van der Waals surface area contributed by atoms with Crippen molar-refractivity contribution in [1.82, 2.24) is 14.5 Å². The maximum atomic E-state index is 13.0. The van der Waals surface area contributed by atoms with Gasteiger partial charge in [-0.05, 0) is 48.4 Å². The predicted molar refractivity (Wildman–Crippen MR) is 120 cm³/mol. The minimum absolute atomic E-state index is 0.0705. The van der Waals surface area contributed by atoms with Crippen LogP contribution in [0.5, 0.6) is 0 Å². The van der Waals surface area contributed by atoms with Crippen LogP contribution in [0.15, 0.2) is 72.8 Å². The van der Waals surface area contributed by atoms with Gasteiger partial charge in [-0.2, -0.15) is 0 Å². The van der Waals surface area contributed by atoms with Gasteiger partial charge in [0.25, 0.3) is 17.4 Å². The molecule has 3 aromatic rings. The lowest BCUT2D eigenvalue weighted by Gasteiger charge is -2.25. The van der Waals surface area contributed by atoms with Crippen molar-refractivity contribution in [3.8, 4) is 0 Å². The third kappa shape index (κ3) is 4.49. The van der Waals surface area contributed by atoms with Crippen LogP contribution in [0.4, 0.5) is 5.69 Å². The molecule has 0 spiro atoms. The molecule has 2 aromatic carbocycles. The van der Waals surface area contributed by atoms with Gasteiger partial charge < -0.3 is 14.6 Å². The van der Waals surface area contributed by atoms with Crippen molar-refractivity contribution in [2.24, 2.45) is 0 Å². The van der Waals surface area contributed by atoms with Gasteiger partial charge in [-0.1, -0.05) is 11.6 Å². The van der Waals surface area contributed by atoms with E-state index >= 15 is 0 Å². The third-order valence-corrected chi connectivity index (χ3v) is 5.70. The molecular formula is C23H19ClN4O5. The van der Waals surface area contributed by atoms with Crippen molar-refractivity contribution >= 4 is 34.7 Å². The van der Waals surface area contributed by atoms with Gasteiger partial charge in [0.1, 0.15) is 5.76 Å². The highest BCUT2D eigenvalue weighted by Gasteiger charge is 2.45. The number of benzene rings is 2. The summed E-state index contributed by atoms with van der Waals surface area (Å²) in [6, 6.07) is 11.0. The SMILES string of the molecule is O=C1C(=O)N(CCCn2ccnc2)[C@@H](c2ccc([N+](=O)[O-])cc2)C1=C(O)c1ccc(Cl)cc1. The van der Waals surface area contributed by atoms with Gasteiger partial charge in [0, 0.05) is 48.2 Å². The number of non-ortho nitro benzene ring substituents is 1. The number of aromatic nitrogens is 2. The summed E-state index contributed by atoms with van der Waals surface area (Å²) in [5.74, 6) is -1.88. The summed E-state index contributed by atoms with van der Waals surface area (Å²) in [5.41, 5.74) is 0.632. The van der Waals surface area contributed by atoms with E-state index < -0.39 is 22.7 Å². The lowest BCUT2D eigenvalue weighted by atomic mass is 9.95. The number of halogens is 1. The average molecular weight is 467 g/mol. The average Bonchev–Trinajstić information content (AvgIpc) is 3.41. The number of nitro benzene ring substituents is 1. The minimum Gasteiger partial charge on any atom is -0.507 e. The number of aliphatic hydroxyl groups excluding tert-OH is 1. The zero-order chi connectivity index (χ0) is 23.5. The molecule has 1 aliphatic heterocycles. The fourth-order valence-electron chi connectivity index (χ4n) is 3.84.